The van der Waals surface area contributed by atoms with E-state index in [1.54, 1.807) is 38.4 Å². The van der Waals surface area contributed by atoms with E-state index in [9.17, 15) is 4.79 Å². The third-order valence-electron chi connectivity index (χ3n) is 5.41. The van der Waals surface area contributed by atoms with E-state index in [4.69, 9.17) is 19.2 Å². The lowest BCUT2D eigenvalue weighted by molar-refractivity contribution is -0.117. The van der Waals surface area contributed by atoms with Crippen molar-refractivity contribution in [3.8, 4) is 17.2 Å². The number of carbonyl (C=O) groups excluding carboxylic acids is 1. The van der Waals surface area contributed by atoms with Crippen LogP contribution in [0.5, 0.6) is 17.2 Å². The Labute approximate surface area is 197 Å². The molecule has 0 radical (unpaired) electrons. The minimum absolute atomic E-state index is 0.104. The molecule has 0 N–H and O–H groups in total. The highest BCUT2D eigenvalue weighted by Crippen LogP contribution is 2.39. The number of aryl methyl sites for hydroxylation is 1. The van der Waals surface area contributed by atoms with Gasteiger partial charge >= 0.3 is 0 Å². The van der Waals surface area contributed by atoms with Crippen molar-refractivity contribution in [1.29, 1.82) is 0 Å². The molecule has 0 fully saturated rings. The maximum absolute atomic E-state index is 13.7. The predicted octanol–water partition coefficient (Wildman–Crippen LogP) is 5.79. The number of hydrogen-bond donors (Lipinski definition) is 0. The van der Waals surface area contributed by atoms with Crippen LogP contribution in [0.1, 0.15) is 18.1 Å². The Bertz CT molecular complexity index is 1210. The molecule has 170 valence electrons. The number of benzene rings is 3. The third-order valence-corrected chi connectivity index (χ3v) is 6.43. The number of methoxy groups -OCH3 is 3. The molecule has 1 aromatic heterocycles. The van der Waals surface area contributed by atoms with Gasteiger partial charge in [0.15, 0.2) is 16.6 Å². The second kappa shape index (κ2) is 9.92. The monoisotopic (exact) mass is 462 g/mol. The molecule has 7 heteroatoms. The Balaban J connectivity index is 1.74. The van der Waals surface area contributed by atoms with Crippen LogP contribution in [-0.2, 0) is 17.6 Å². The number of anilines is 2. The minimum Gasteiger partial charge on any atom is -0.493 e. The summed E-state index contributed by atoms with van der Waals surface area (Å²) in [4.78, 5) is 20.1. The zero-order valence-electron chi connectivity index (χ0n) is 19.1. The minimum atomic E-state index is -0.104. The Morgan fingerprint density at radius 2 is 1.58 bits per heavy atom. The number of nitrogens with zero attached hydrogens (tertiary/aromatic N) is 2. The smallest absolute Gasteiger partial charge is 0.237 e. The van der Waals surface area contributed by atoms with E-state index in [1.165, 1.54) is 16.9 Å². The van der Waals surface area contributed by atoms with Crippen LogP contribution < -0.4 is 19.1 Å². The maximum Gasteiger partial charge on any atom is 0.237 e. The molecular weight excluding hydrogens is 436 g/mol. The largest absolute Gasteiger partial charge is 0.493 e. The van der Waals surface area contributed by atoms with E-state index in [0.29, 0.717) is 22.4 Å². The van der Waals surface area contributed by atoms with Crippen LogP contribution in [0, 0.1) is 0 Å². The van der Waals surface area contributed by atoms with E-state index in [0.717, 1.165) is 27.9 Å². The second-order valence-electron chi connectivity index (χ2n) is 7.42. The van der Waals surface area contributed by atoms with Gasteiger partial charge in [0, 0.05) is 0 Å². The summed E-state index contributed by atoms with van der Waals surface area (Å²) in [6.07, 6.45) is 1.07. The third kappa shape index (κ3) is 4.64. The number of aromatic nitrogens is 1. The summed E-state index contributed by atoms with van der Waals surface area (Å²) in [5.74, 6) is 1.42. The standard InChI is InChI=1S/C26H26N2O4S/c1-5-17-10-12-19(13-11-17)28(26-27-20-8-6-7-9-23(20)33-26)24(29)16-18-14-21(30-2)25(32-4)22(15-18)31-3/h6-15H,5,16H2,1-4H3. The fraction of sp³-hybridized carbons (Fsp3) is 0.231. The lowest BCUT2D eigenvalue weighted by Gasteiger charge is -2.21. The Morgan fingerprint density at radius 1 is 0.909 bits per heavy atom. The van der Waals surface area contributed by atoms with Gasteiger partial charge in [0.1, 0.15) is 0 Å². The molecule has 0 aliphatic rings. The van der Waals surface area contributed by atoms with Gasteiger partial charge < -0.3 is 14.2 Å². The lowest BCUT2D eigenvalue weighted by atomic mass is 10.1. The van der Waals surface area contributed by atoms with Crippen LogP contribution in [0.4, 0.5) is 10.8 Å². The molecular formula is C26H26N2O4S. The molecule has 0 saturated carbocycles. The molecule has 1 heterocycles. The fourth-order valence-corrected chi connectivity index (χ4v) is 4.69. The average Bonchev–Trinajstić information content (AvgIpc) is 3.27. The summed E-state index contributed by atoms with van der Waals surface area (Å²) in [7, 11) is 4.68. The number of hydrogen-bond acceptors (Lipinski definition) is 6. The van der Waals surface area contributed by atoms with Crippen molar-refractivity contribution in [2.24, 2.45) is 0 Å². The molecule has 4 rings (SSSR count). The zero-order valence-corrected chi connectivity index (χ0v) is 19.9. The van der Waals surface area contributed by atoms with Crippen molar-refractivity contribution in [3.05, 3.63) is 71.8 Å². The molecule has 0 aliphatic carbocycles. The number of ether oxygens (including phenoxy) is 3. The van der Waals surface area contributed by atoms with Crippen LogP contribution in [0.3, 0.4) is 0 Å². The highest BCUT2D eigenvalue weighted by molar-refractivity contribution is 7.22. The molecule has 33 heavy (non-hydrogen) atoms. The first kappa shape index (κ1) is 22.6. The van der Waals surface area contributed by atoms with Gasteiger partial charge in [-0.25, -0.2) is 4.98 Å². The van der Waals surface area contributed by atoms with Gasteiger partial charge in [-0.3, -0.25) is 9.69 Å². The molecule has 1 amide bonds. The zero-order chi connectivity index (χ0) is 23.4. The molecule has 0 bridgehead atoms. The molecule has 0 saturated heterocycles. The maximum atomic E-state index is 13.7. The predicted molar refractivity (Wildman–Crippen MR) is 132 cm³/mol. The topological polar surface area (TPSA) is 60.9 Å². The van der Waals surface area contributed by atoms with Gasteiger partial charge in [-0.05, 0) is 53.9 Å². The second-order valence-corrected chi connectivity index (χ2v) is 8.43. The van der Waals surface area contributed by atoms with Crippen molar-refractivity contribution < 1.29 is 19.0 Å². The Hall–Kier alpha value is -3.58. The molecule has 0 unspecified atom stereocenters. The van der Waals surface area contributed by atoms with Gasteiger partial charge in [0.2, 0.25) is 11.7 Å². The number of thiazole rings is 1. The van der Waals surface area contributed by atoms with Crippen LogP contribution in [0.2, 0.25) is 0 Å². The van der Waals surface area contributed by atoms with E-state index in [1.807, 2.05) is 48.5 Å². The van der Waals surface area contributed by atoms with Crippen LogP contribution >= 0.6 is 11.3 Å². The number of rotatable bonds is 8. The lowest BCUT2D eigenvalue weighted by Crippen LogP contribution is -2.27. The molecule has 0 spiro atoms. The average molecular weight is 463 g/mol. The van der Waals surface area contributed by atoms with E-state index < -0.39 is 0 Å². The fourth-order valence-electron chi connectivity index (χ4n) is 3.69. The van der Waals surface area contributed by atoms with Gasteiger partial charge in [-0.2, -0.15) is 0 Å². The van der Waals surface area contributed by atoms with Crippen molar-refractivity contribution in [3.63, 3.8) is 0 Å². The summed E-state index contributed by atoms with van der Waals surface area (Å²) >= 11 is 1.50. The number of fused-ring (bicyclic) bond motifs is 1. The number of amides is 1. The van der Waals surface area contributed by atoms with Crippen molar-refractivity contribution in [1.82, 2.24) is 4.98 Å². The van der Waals surface area contributed by atoms with Gasteiger partial charge in [0.05, 0.1) is 43.7 Å². The number of carbonyl (C=O) groups is 1. The highest BCUT2D eigenvalue weighted by Gasteiger charge is 2.23. The molecule has 0 atom stereocenters. The normalized spacial score (nSPS) is 10.8. The van der Waals surface area contributed by atoms with Crippen molar-refractivity contribution >= 4 is 38.3 Å². The Morgan fingerprint density at radius 3 is 2.15 bits per heavy atom. The number of para-hydroxylation sites is 1. The highest BCUT2D eigenvalue weighted by atomic mass is 32.1. The SMILES string of the molecule is CCc1ccc(N(C(=O)Cc2cc(OC)c(OC)c(OC)c2)c2nc3ccccc3s2)cc1. The molecule has 6 nitrogen and oxygen atoms in total. The Kier molecular flexibility index (Phi) is 6.79. The first-order chi connectivity index (χ1) is 16.1. The summed E-state index contributed by atoms with van der Waals surface area (Å²) in [6.45, 7) is 2.11. The molecule has 3 aromatic carbocycles. The van der Waals surface area contributed by atoms with Crippen LogP contribution in [-0.4, -0.2) is 32.2 Å². The van der Waals surface area contributed by atoms with Crippen molar-refractivity contribution in [2.75, 3.05) is 26.2 Å². The summed E-state index contributed by atoms with van der Waals surface area (Å²) in [6, 6.07) is 19.5. The van der Waals surface area contributed by atoms with E-state index >= 15 is 0 Å². The summed E-state index contributed by atoms with van der Waals surface area (Å²) < 4.78 is 17.3. The quantitative estimate of drug-likeness (QED) is 0.332. The van der Waals surface area contributed by atoms with Gasteiger partial charge in [-0.1, -0.05) is 42.5 Å². The molecule has 4 aromatic rings. The first-order valence-electron chi connectivity index (χ1n) is 10.6. The van der Waals surface area contributed by atoms with E-state index in [2.05, 4.69) is 6.92 Å². The van der Waals surface area contributed by atoms with Gasteiger partial charge in [0.25, 0.3) is 0 Å². The first-order valence-corrected chi connectivity index (χ1v) is 11.5. The molecule has 0 aliphatic heterocycles. The van der Waals surface area contributed by atoms with Crippen LogP contribution in [0.15, 0.2) is 60.7 Å². The van der Waals surface area contributed by atoms with Crippen LogP contribution in [0.25, 0.3) is 10.2 Å². The van der Waals surface area contributed by atoms with Crippen molar-refractivity contribution in [2.45, 2.75) is 19.8 Å². The summed E-state index contributed by atoms with van der Waals surface area (Å²) in [5, 5.41) is 0.637. The summed E-state index contributed by atoms with van der Waals surface area (Å²) in [5.41, 5.74) is 3.61. The van der Waals surface area contributed by atoms with Gasteiger partial charge in [-0.15, -0.1) is 0 Å². The van der Waals surface area contributed by atoms with E-state index in [-0.39, 0.29) is 12.3 Å².